The summed E-state index contributed by atoms with van der Waals surface area (Å²) < 4.78 is 5.24. The van der Waals surface area contributed by atoms with Crippen molar-refractivity contribution in [2.75, 3.05) is 23.9 Å². The second-order valence-corrected chi connectivity index (χ2v) is 6.54. The lowest BCUT2D eigenvalue weighted by molar-refractivity contribution is -0.385. The molecule has 0 aliphatic carbocycles. The van der Waals surface area contributed by atoms with Crippen LogP contribution in [-0.4, -0.2) is 40.9 Å². The lowest BCUT2D eigenvalue weighted by Crippen LogP contribution is -2.31. The number of esters is 1. The number of nitrogens with zero attached hydrogens (tertiary/aromatic N) is 3. The fourth-order valence-electron chi connectivity index (χ4n) is 3.12. The Hall–Kier alpha value is -4.02. The summed E-state index contributed by atoms with van der Waals surface area (Å²) in [6, 6.07) is 7.45. The molecule has 1 N–H and O–H groups in total. The Morgan fingerprint density at radius 2 is 2.03 bits per heavy atom. The summed E-state index contributed by atoms with van der Waals surface area (Å²) in [7, 11) is 1.04. The van der Waals surface area contributed by atoms with E-state index < -0.39 is 40.2 Å². The van der Waals surface area contributed by atoms with Crippen LogP contribution < -0.4 is 15.8 Å². The van der Waals surface area contributed by atoms with Gasteiger partial charge in [-0.15, -0.1) is 0 Å². The van der Waals surface area contributed by atoms with Crippen molar-refractivity contribution in [2.45, 2.75) is 19.4 Å². The average Bonchev–Trinajstić information content (AvgIpc) is 3.14. The van der Waals surface area contributed by atoms with Crippen molar-refractivity contribution < 1.29 is 24.0 Å². The van der Waals surface area contributed by atoms with Gasteiger partial charge < -0.3 is 15.0 Å². The van der Waals surface area contributed by atoms with Gasteiger partial charge in [-0.2, -0.15) is 0 Å². The molecule has 156 valence electrons. The Morgan fingerprint density at radius 1 is 1.27 bits per heavy atom. The number of carbonyl (C=O) groups excluding carboxylic acids is 3. The molecule has 0 unspecified atom stereocenters. The summed E-state index contributed by atoms with van der Waals surface area (Å²) in [6.45, 7) is 0.0347. The number of nitro groups is 1. The molecule has 30 heavy (non-hydrogen) atoms. The number of anilines is 2. The van der Waals surface area contributed by atoms with Gasteiger partial charge in [0.1, 0.15) is 12.1 Å². The van der Waals surface area contributed by atoms with Gasteiger partial charge in [0.15, 0.2) is 0 Å². The molecule has 11 heteroatoms. The van der Waals surface area contributed by atoms with Crippen molar-refractivity contribution in [2.24, 2.45) is 0 Å². The SMILES string of the molecule is COC(=O)c1cc([N+](=O)[O-])cn(CC(=O)Nc2cccc(N3CCCC3=O)c2)c1=O. The molecule has 2 aromatic rings. The zero-order valence-corrected chi connectivity index (χ0v) is 16.0. The van der Waals surface area contributed by atoms with Crippen LogP contribution in [0, 0.1) is 10.1 Å². The Kier molecular flexibility index (Phi) is 5.90. The summed E-state index contributed by atoms with van der Waals surface area (Å²) in [5.41, 5.74) is -0.940. The van der Waals surface area contributed by atoms with E-state index >= 15 is 0 Å². The second-order valence-electron chi connectivity index (χ2n) is 6.54. The molecule has 0 spiro atoms. The fraction of sp³-hybridized carbons (Fsp3) is 0.263. The van der Waals surface area contributed by atoms with Crippen molar-refractivity contribution in [1.82, 2.24) is 4.57 Å². The number of ether oxygens (including phenoxy) is 1. The number of methoxy groups -OCH3 is 1. The highest BCUT2D eigenvalue weighted by Crippen LogP contribution is 2.24. The van der Waals surface area contributed by atoms with E-state index in [0.29, 0.717) is 24.3 Å². The quantitative estimate of drug-likeness (QED) is 0.427. The van der Waals surface area contributed by atoms with Gasteiger partial charge in [0.05, 0.1) is 18.2 Å². The van der Waals surface area contributed by atoms with Crippen molar-refractivity contribution in [3.05, 3.63) is 62.6 Å². The smallest absolute Gasteiger partial charge is 0.343 e. The average molecular weight is 414 g/mol. The van der Waals surface area contributed by atoms with Gasteiger partial charge in [-0.25, -0.2) is 4.79 Å². The molecule has 0 atom stereocenters. The summed E-state index contributed by atoms with van der Waals surface area (Å²) in [5, 5.41) is 13.7. The maximum absolute atomic E-state index is 12.4. The third kappa shape index (κ3) is 4.35. The number of hydrogen-bond acceptors (Lipinski definition) is 7. The lowest BCUT2D eigenvalue weighted by atomic mass is 10.2. The summed E-state index contributed by atoms with van der Waals surface area (Å²) in [6.07, 6.45) is 2.11. The molecule has 1 aliphatic heterocycles. The lowest BCUT2D eigenvalue weighted by Gasteiger charge is -2.17. The second kappa shape index (κ2) is 8.55. The maximum Gasteiger partial charge on any atom is 0.343 e. The number of rotatable bonds is 6. The Bertz CT molecular complexity index is 1090. The molecule has 2 heterocycles. The van der Waals surface area contributed by atoms with Crippen molar-refractivity contribution in [1.29, 1.82) is 0 Å². The molecule has 3 rings (SSSR count). The number of aromatic nitrogens is 1. The Morgan fingerprint density at radius 3 is 2.67 bits per heavy atom. The molecule has 1 aromatic carbocycles. The molecule has 1 aromatic heterocycles. The predicted molar refractivity (Wildman–Crippen MR) is 105 cm³/mol. The normalized spacial score (nSPS) is 13.2. The molecule has 11 nitrogen and oxygen atoms in total. The number of amides is 2. The molecular weight excluding hydrogens is 396 g/mol. The summed E-state index contributed by atoms with van der Waals surface area (Å²) in [5.74, 6) is -1.68. The zero-order valence-electron chi connectivity index (χ0n) is 16.0. The van der Waals surface area contributed by atoms with Crippen LogP contribution in [0.1, 0.15) is 23.2 Å². The van der Waals surface area contributed by atoms with Crippen LogP contribution in [0.3, 0.4) is 0 Å². The number of pyridine rings is 1. The van der Waals surface area contributed by atoms with E-state index in [4.69, 9.17) is 0 Å². The minimum Gasteiger partial charge on any atom is -0.465 e. The van der Waals surface area contributed by atoms with E-state index in [1.807, 2.05) is 0 Å². The largest absolute Gasteiger partial charge is 0.465 e. The zero-order chi connectivity index (χ0) is 21.8. The van der Waals surface area contributed by atoms with E-state index in [1.165, 1.54) is 0 Å². The van der Waals surface area contributed by atoms with Crippen molar-refractivity contribution in [3.8, 4) is 0 Å². The molecule has 2 amide bonds. The van der Waals surface area contributed by atoms with E-state index in [-0.39, 0.29) is 5.91 Å². The predicted octanol–water partition coefficient (Wildman–Crippen LogP) is 1.31. The first-order valence-corrected chi connectivity index (χ1v) is 8.97. The highest BCUT2D eigenvalue weighted by molar-refractivity contribution is 5.97. The number of benzene rings is 1. The van der Waals surface area contributed by atoms with E-state index in [1.54, 1.807) is 29.2 Å². The van der Waals surface area contributed by atoms with E-state index in [2.05, 4.69) is 10.1 Å². The van der Waals surface area contributed by atoms with Gasteiger partial charge in [-0.3, -0.25) is 29.1 Å². The Labute approximate surface area is 170 Å². The van der Waals surface area contributed by atoms with Gasteiger partial charge in [0.25, 0.3) is 11.2 Å². The minimum atomic E-state index is -1.04. The van der Waals surface area contributed by atoms with Gasteiger partial charge in [-0.1, -0.05) is 6.07 Å². The number of carbonyl (C=O) groups is 3. The molecule has 0 saturated carbocycles. The molecule has 1 aliphatic rings. The topological polar surface area (TPSA) is 141 Å². The van der Waals surface area contributed by atoms with Crippen LogP contribution in [0.15, 0.2) is 41.3 Å². The molecule has 0 bridgehead atoms. The first-order chi connectivity index (χ1) is 14.3. The maximum atomic E-state index is 12.4. The third-order valence-electron chi connectivity index (χ3n) is 4.52. The van der Waals surface area contributed by atoms with Gasteiger partial charge in [0, 0.05) is 30.4 Å². The van der Waals surface area contributed by atoms with Crippen molar-refractivity contribution in [3.63, 3.8) is 0 Å². The van der Waals surface area contributed by atoms with E-state index in [9.17, 15) is 29.3 Å². The third-order valence-corrected chi connectivity index (χ3v) is 4.52. The molecule has 1 fully saturated rings. The van der Waals surface area contributed by atoms with Crippen LogP contribution in [-0.2, 0) is 20.9 Å². The van der Waals surface area contributed by atoms with Crippen LogP contribution in [0.5, 0.6) is 0 Å². The van der Waals surface area contributed by atoms with Gasteiger partial charge in [0.2, 0.25) is 11.8 Å². The molecule has 1 saturated heterocycles. The minimum absolute atomic E-state index is 0.00281. The fourth-order valence-corrected chi connectivity index (χ4v) is 3.12. The summed E-state index contributed by atoms with van der Waals surface area (Å²) >= 11 is 0. The standard InChI is InChI=1S/C19H18N4O7/c1-30-19(27)15-9-14(23(28)29)10-21(18(15)26)11-16(24)20-12-4-2-5-13(8-12)22-7-3-6-17(22)25/h2,4-5,8-10H,3,6-7,11H2,1H3,(H,20,24). The monoisotopic (exact) mass is 414 g/mol. The Balaban J connectivity index is 1.82. The highest BCUT2D eigenvalue weighted by atomic mass is 16.6. The van der Waals surface area contributed by atoms with Crippen LogP contribution in [0.4, 0.5) is 17.1 Å². The first kappa shape index (κ1) is 20.7. The van der Waals surface area contributed by atoms with Gasteiger partial charge in [-0.05, 0) is 24.6 Å². The van der Waals surface area contributed by atoms with Crippen LogP contribution in [0.25, 0.3) is 0 Å². The van der Waals surface area contributed by atoms with E-state index in [0.717, 1.165) is 30.4 Å². The highest BCUT2D eigenvalue weighted by Gasteiger charge is 2.23. The number of nitrogens with one attached hydrogen (secondary N) is 1. The van der Waals surface area contributed by atoms with Crippen LogP contribution in [0.2, 0.25) is 0 Å². The molecular formula is C19H18N4O7. The van der Waals surface area contributed by atoms with Gasteiger partial charge >= 0.3 is 5.97 Å². The first-order valence-electron chi connectivity index (χ1n) is 8.97. The van der Waals surface area contributed by atoms with Crippen molar-refractivity contribution >= 4 is 34.8 Å². The van der Waals surface area contributed by atoms with Crippen LogP contribution >= 0.6 is 0 Å². The summed E-state index contributed by atoms with van der Waals surface area (Å²) in [4.78, 5) is 60.4. The number of hydrogen-bond donors (Lipinski definition) is 1. The molecule has 0 radical (unpaired) electrons.